The second kappa shape index (κ2) is 5.31. The molecule has 1 aliphatic carbocycles. The summed E-state index contributed by atoms with van der Waals surface area (Å²) in [5, 5.41) is 13.0. The van der Waals surface area contributed by atoms with Crippen molar-refractivity contribution < 1.29 is 5.11 Å². The van der Waals surface area contributed by atoms with Crippen LogP contribution in [-0.4, -0.2) is 17.2 Å². The third-order valence-corrected chi connectivity index (χ3v) is 4.22. The Morgan fingerprint density at radius 3 is 2.56 bits per heavy atom. The lowest BCUT2D eigenvalue weighted by Crippen LogP contribution is -2.43. The maximum atomic E-state index is 9.27. The minimum Gasteiger partial charge on any atom is -0.508 e. The zero-order chi connectivity index (χ0) is 13.2. The Hall–Kier alpha value is -1.02. The lowest BCUT2D eigenvalue weighted by Gasteiger charge is -2.31. The molecule has 0 spiro atoms. The highest BCUT2D eigenvalue weighted by molar-refractivity contribution is 5.26. The number of hydrogen-bond donors (Lipinski definition) is 2. The molecule has 1 aromatic rings. The van der Waals surface area contributed by atoms with Crippen molar-refractivity contribution in [3.05, 3.63) is 29.8 Å². The molecule has 2 atom stereocenters. The van der Waals surface area contributed by atoms with Gasteiger partial charge in [-0.15, -0.1) is 0 Å². The van der Waals surface area contributed by atoms with E-state index in [0.29, 0.717) is 23.2 Å². The van der Waals surface area contributed by atoms with Crippen LogP contribution in [0.2, 0.25) is 0 Å². The van der Waals surface area contributed by atoms with Gasteiger partial charge in [0.25, 0.3) is 0 Å². The van der Waals surface area contributed by atoms with Gasteiger partial charge in [-0.3, -0.25) is 0 Å². The molecule has 0 amide bonds. The fourth-order valence-corrected chi connectivity index (χ4v) is 3.02. The van der Waals surface area contributed by atoms with Crippen molar-refractivity contribution in [1.29, 1.82) is 0 Å². The third-order valence-electron chi connectivity index (χ3n) is 4.22. The molecule has 2 unspecified atom stereocenters. The molecule has 0 bridgehead atoms. The van der Waals surface area contributed by atoms with Gasteiger partial charge < -0.3 is 10.4 Å². The number of rotatable bonds is 4. The van der Waals surface area contributed by atoms with E-state index in [4.69, 9.17) is 0 Å². The van der Waals surface area contributed by atoms with Gasteiger partial charge >= 0.3 is 0 Å². The van der Waals surface area contributed by atoms with E-state index in [1.165, 1.54) is 24.8 Å². The van der Waals surface area contributed by atoms with Crippen LogP contribution in [0, 0.1) is 5.41 Å². The standard InChI is InChI=1S/C16H25NO/c1-12(11-13-6-8-14(18)9-7-13)17-15-5-4-10-16(15,2)3/h6-9,12,15,17-18H,4-5,10-11H2,1-3H3. The van der Waals surface area contributed by atoms with E-state index in [1.54, 1.807) is 12.1 Å². The largest absolute Gasteiger partial charge is 0.508 e. The van der Waals surface area contributed by atoms with Crippen molar-refractivity contribution in [3.63, 3.8) is 0 Å². The Morgan fingerprint density at radius 1 is 1.33 bits per heavy atom. The van der Waals surface area contributed by atoms with Crippen LogP contribution in [-0.2, 0) is 6.42 Å². The number of phenols is 1. The van der Waals surface area contributed by atoms with Gasteiger partial charge in [-0.05, 0) is 49.3 Å². The van der Waals surface area contributed by atoms with Crippen molar-refractivity contribution >= 4 is 0 Å². The van der Waals surface area contributed by atoms with Crippen molar-refractivity contribution in [2.75, 3.05) is 0 Å². The minimum atomic E-state index is 0.344. The van der Waals surface area contributed by atoms with E-state index in [9.17, 15) is 5.11 Å². The van der Waals surface area contributed by atoms with Gasteiger partial charge in [-0.25, -0.2) is 0 Å². The van der Waals surface area contributed by atoms with Crippen LogP contribution in [0.3, 0.4) is 0 Å². The van der Waals surface area contributed by atoms with Crippen LogP contribution in [0.1, 0.15) is 45.6 Å². The van der Waals surface area contributed by atoms with Gasteiger partial charge in [0.2, 0.25) is 0 Å². The molecule has 1 aliphatic rings. The third kappa shape index (κ3) is 3.26. The molecule has 0 heterocycles. The zero-order valence-electron chi connectivity index (χ0n) is 11.7. The predicted molar refractivity (Wildman–Crippen MR) is 75.8 cm³/mol. The maximum Gasteiger partial charge on any atom is 0.115 e. The van der Waals surface area contributed by atoms with Gasteiger partial charge in [0.05, 0.1) is 0 Å². The molecule has 18 heavy (non-hydrogen) atoms. The summed E-state index contributed by atoms with van der Waals surface area (Å²) in [6, 6.07) is 8.67. The van der Waals surface area contributed by atoms with Crippen LogP contribution >= 0.6 is 0 Å². The minimum absolute atomic E-state index is 0.344. The van der Waals surface area contributed by atoms with Gasteiger partial charge in [0, 0.05) is 12.1 Å². The number of hydrogen-bond acceptors (Lipinski definition) is 2. The lowest BCUT2D eigenvalue weighted by atomic mass is 9.87. The number of benzene rings is 1. The summed E-state index contributed by atoms with van der Waals surface area (Å²) in [5.41, 5.74) is 1.71. The first-order valence-corrected chi connectivity index (χ1v) is 7.01. The molecule has 0 saturated heterocycles. The van der Waals surface area contributed by atoms with Crippen molar-refractivity contribution in [1.82, 2.24) is 5.32 Å². The summed E-state index contributed by atoms with van der Waals surface area (Å²) in [6.45, 7) is 6.98. The Labute approximate surface area is 110 Å². The zero-order valence-corrected chi connectivity index (χ0v) is 11.7. The van der Waals surface area contributed by atoms with Gasteiger partial charge in [0.15, 0.2) is 0 Å². The van der Waals surface area contributed by atoms with E-state index in [-0.39, 0.29) is 0 Å². The SMILES string of the molecule is CC(Cc1ccc(O)cc1)NC1CCCC1(C)C. The molecule has 2 N–H and O–H groups in total. The highest BCUT2D eigenvalue weighted by atomic mass is 16.3. The molecule has 1 fully saturated rings. The molecule has 0 aromatic heterocycles. The van der Waals surface area contributed by atoms with Crippen LogP contribution in [0.15, 0.2) is 24.3 Å². The normalized spacial score (nSPS) is 24.1. The smallest absolute Gasteiger partial charge is 0.115 e. The average molecular weight is 247 g/mol. The Morgan fingerprint density at radius 2 is 2.00 bits per heavy atom. The van der Waals surface area contributed by atoms with E-state index in [0.717, 1.165) is 6.42 Å². The molecule has 0 radical (unpaired) electrons. The summed E-state index contributed by atoms with van der Waals surface area (Å²) in [4.78, 5) is 0. The maximum absolute atomic E-state index is 9.27. The van der Waals surface area contributed by atoms with E-state index >= 15 is 0 Å². The predicted octanol–water partition coefficient (Wildman–Crippen LogP) is 3.49. The molecule has 1 saturated carbocycles. The summed E-state index contributed by atoms with van der Waals surface area (Å²) in [7, 11) is 0. The van der Waals surface area contributed by atoms with Crippen LogP contribution in [0.5, 0.6) is 5.75 Å². The van der Waals surface area contributed by atoms with Gasteiger partial charge in [-0.1, -0.05) is 32.4 Å². The monoisotopic (exact) mass is 247 g/mol. The van der Waals surface area contributed by atoms with Crippen LogP contribution in [0.25, 0.3) is 0 Å². The molecular formula is C16H25NO. The Kier molecular flexibility index (Phi) is 3.96. The van der Waals surface area contributed by atoms with Crippen LogP contribution in [0.4, 0.5) is 0 Å². The van der Waals surface area contributed by atoms with Gasteiger partial charge in [-0.2, -0.15) is 0 Å². The summed E-state index contributed by atoms with van der Waals surface area (Å²) in [5.74, 6) is 0.344. The van der Waals surface area contributed by atoms with Crippen molar-refractivity contribution in [2.24, 2.45) is 5.41 Å². The number of aromatic hydroxyl groups is 1. The molecule has 2 nitrogen and oxygen atoms in total. The molecule has 2 rings (SSSR count). The summed E-state index contributed by atoms with van der Waals surface area (Å²) >= 11 is 0. The van der Waals surface area contributed by atoms with Gasteiger partial charge in [0.1, 0.15) is 5.75 Å². The first-order valence-electron chi connectivity index (χ1n) is 7.01. The quantitative estimate of drug-likeness (QED) is 0.853. The Bertz CT molecular complexity index is 383. The highest BCUT2D eigenvalue weighted by Gasteiger charge is 2.34. The molecule has 100 valence electrons. The van der Waals surface area contributed by atoms with Crippen molar-refractivity contribution in [3.8, 4) is 5.75 Å². The summed E-state index contributed by atoms with van der Waals surface area (Å²) < 4.78 is 0. The number of phenolic OH excluding ortho intramolecular Hbond substituents is 1. The highest BCUT2D eigenvalue weighted by Crippen LogP contribution is 2.37. The first-order chi connectivity index (χ1) is 8.47. The topological polar surface area (TPSA) is 32.3 Å². The fourth-order valence-electron chi connectivity index (χ4n) is 3.02. The van der Waals surface area contributed by atoms with E-state index in [1.807, 2.05) is 12.1 Å². The molecule has 1 aromatic carbocycles. The Balaban J connectivity index is 1.89. The van der Waals surface area contributed by atoms with Crippen molar-refractivity contribution in [2.45, 2.75) is 58.5 Å². The van der Waals surface area contributed by atoms with E-state index in [2.05, 4.69) is 26.1 Å². The summed E-state index contributed by atoms with van der Waals surface area (Å²) in [6.07, 6.45) is 4.99. The molecular weight excluding hydrogens is 222 g/mol. The van der Waals surface area contributed by atoms with E-state index < -0.39 is 0 Å². The number of nitrogens with one attached hydrogen (secondary N) is 1. The fraction of sp³-hybridized carbons (Fsp3) is 0.625. The second-order valence-electron chi connectivity index (χ2n) is 6.37. The second-order valence-corrected chi connectivity index (χ2v) is 6.37. The lowest BCUT2D eigenvalue weighted by molar-refractivity contribution is 0.265. The first kappa shape index (κ1) is 13.4. The average Bonchev–Trinajstić information content (AvgIpc) is 2.62. The molecule has 2 heteroatoms. The van der Waals surface area contributed by atoms with Crippen LogP contribution < -0.4 is 5.32 Å². The molecule has 0 aliphatic heterocycles.